The van der Waals surface area contributed by atoms with E-state index in [4.69, 9.17) is 4.74 Å². The van der Waals surface area contributed by atoms with Gasteiger partial charge in [0.25, 0.3) is 5.91 Å². The van der Waals surface area contributed by atoms with Gasteiger partial charge < -0.3 is 10.1 Å². The summed E-state index contributed by atoms with van der Waals surface area (Å²) in [7, 11) is 1.62. The number of ether oxygens (including phenoxy) is 1. The van der Waals surface area contributed by atoms with Crippen molar-refractivity contribution in [1.29, 1.82) is 0 Å². The summed E-state index contributed by atoms with van der Waals surface area (Å²) in [5.41, 5.74) is 2.29. The molecule has 0 unspecified atom stereocenters. The second kappa shape index (κ2) is 6.41. The minimum atomic E-state index is -0.161. The van der Waals surface area contributed by atoms with Crippen molar-refractivity contribution in [3.63, 3.8) is 0 Å². The van der Waals surface area contributed by atoms with Crippen LogP contribution in [0.25, 0.3) is 0 Å². The third-order valence-electron chi connectivity index (χ3n) is 2.85. The minimum absolute atomic E-state index is 0.161. The van der Waals surface area contributed by atoms with Crippen molar-refractivity contribution in [3.05, 3.63) is 56.5 Å². The van der Waals surface area contributed by atoms with Gasteiger partial charge in [0.15, 0.2) is 0 Å². The van der Waals surface area contributed by atoms with Gasteiger partial charge >= 0.3 is 0 Å². The molecule has 0 saturated carbocycles. The number of halogens is 2. The smallest absolute Gasteiger partial charge is 0.256 e. The zero-order chi connectivity index (χ0) is 14.7. The van der Waals surface area contributed by atoms with Gasteiger partial charge in [-0.05, 0) is 64.8 Å². The quantitative estimate of drug-likeness (QED) is 0.807. The van der Waals surface area contributed by atoms with Crippen LogP contribution in [0.4, 0.5) is 5.69 Å². The van der Waals surface area contributed by atoms with E-state index in [1.165, 1.54) is 0 Å². The first-order valence-electron chi connectivity index (χ1n) is 5.92. The molecule has 0 aliphatic heterocycles. The Morgan fingerprint density at radius 1 is 1.15 bits per heavy atom. The van der Waals surface area contributed by atoms with Crippen LogP contribution in [0.3, 0.4) is 0 Å². The molecule has 0 spiro atoms. The molecule has 0 aromatic heterocycles. The Kier molecular flexibility index (Phi) is 4.83. The maximum absolute atomic E-state index is 12.3. The molecular formula is C15H13Br2NO2. The fourth-order valence-corrected chi connectivity index (χ4v) is 2.55. The maximum atomic E-state index is 12.3. The monoisotopic (exact) mass is 397 g/mol. The van der Waals surface area contributed by atoms with Gasteiger partial charge in [0.2, 0.25) is 0 Å². The Bertz CT molecular complexity index is 656. The van der Waals surface area contributed by atoms with Crippen molar-refractivity contribution in [2.75, 3.05) is 12.4 Å². The molecule has 104 valence electrons. The number of hydrogen-bond donors (Lipinski definition) is 1. The number of carbonyl (C=O) groups excluding carboxylic acids is 1. The highest BCUT2D eigenvalue weighted by molar-refractivity contribution is 9.11. The van der Waals surface area contributed by atoms with Gasteiger partial charge in [0.05, 0.1) is 12.7 Å². The molecule has 0 radical (unpaired) electrons. The Labute approximate surface area is 134 Å². The number of amides is 1. The van der Waals surface area contributed by atoms with Crippen molar-refractivity contribution in [2.45, 2.75) is 6.92 Å². The first-order valence-corrected chi connectivity index (χ1v) is 7.51. The van der Waals surface area contributed by atoms with Crippen LogP contribution in [0.2, 0.25) is 0 Å². The summed E-state index contributed by atoms with van der Waals surface area (Å²) in [4.78, 5) is 12.3. The summed E-state index contributed by atoms with van der Waals surface area (Å²) >= 11 is 6.75. The van der Waals surface area contributed by atoms with Crippen molar-refractivity contribution in [2.24, 2.45) is 0 Å². The molecule has 3 nitrogen and oxygen atoms in total. The van der Waals surface area contributed by atoms with Crippen molar-refractivity contribution >= 4 is 43.5 Å². The zero-order valence-corrected chi connectivity index (χ0v) is 14.2. The number of methoxy groups -OCH3 is 1. The Balaban J connectivity index is 2.25. The van der Waals surface area contributed by atoms with E-state index < -0.39 is 0 Å². The van der Waals surface area contributed by atoms with E-state index in [0.29, 0.717) is 5.56 Å². The predicted molar refractivity (Wildman–Crippen MR) is 87.5 cm³/mol. The van der Waals surface area contributed by atoms with E-state index in [1.807, 2.05) is 37.3 Å². The SMILES string of the molecule is COc1ccc(NC(=O)c2cc(Br)ccc2Br)c(C)c1. The highest BCUT2D eigenvalue weighted by atomic mass is 79.9. The lowest BCUT2D eigenvalue weighted by atomic mass is 10.1. The summed E-state index contributed by atoms with van der Waals surface area (Å²) in [6, 6.07) is 11.0. The molecule has 0 aliphatic carbocycles. The third kappa shape index (κ3) is 3.41. The fraction of sp³-hybridized carbons (Fsp3) is 0.133. The van der Waals surface area contributed by atoms with Gasteiger partial charge in [0, 0.05) is 14.6 Å². The van der Waals surface area contributed by atoms with Gasteiger partial charge in [-0.3, -0.25) is 4.79 Å². The van der Waals surface area contributed by atoms with E-state index in [9.17, 15) is 4.79 Å². The average Bonchev–Trinajstić information content (AvgIpc) is 2.43. The van der Waals surface area contributed by atoms with Gasteiger partial charge in [-0.2, -0.15) is 0 Å². The van der Waals surface area contributed by atoms with E-state index in [2.05, 4.69) is 37.2 Å². The molecule has 0 saturated heterocycles. The molecule has 0 bridgehead atoms. The van der Waals surface area contributed by atoms with Crippen LogP contribution < -0.4 is 10.1 Å². The first-order chi connectivity index (χ1) is 9.51. The van der Waals surface area contributed by atoms with E-state index in [-0.39, 0.29) is 5.91 Å². The zero-order valence-electron chi connectivity index (χ0n) is 11.0. The third-order valence-corrected chi connectivity index (χ3v) is 4.04. The molecule has 2 rings (SSSR count). The lowest BCUT2D eigenvalue weighted by Crippen LogP contribution is -2.13. The molecule has 0 aliphatic rings. The average molecular weight is 399 g/mol. The minimum Gasteiger partial charge on any atom is -0.497 e. The Morgan fingerprint density at radius 3 is 2.55 bits per heavy atom. The van der Waals surface area contributed by atoms with Crippen molar-refractivity contribution in [3.8, 4) is 5.75 Å². The lowest BCUT2D eigenvalue weighted by Gasteiger charge is -2.11. The molecule has 20 heavy (non-hydrogen) atoms. The normalized spacial score (nSPS) is 10.2. The summed E-state index contributed by atoms with van der Waals surface area (Å²) in [6.07, 6.45) is 0. The number of aryl methyl sites for hydroxylation is 1. The van der Waals surface area contributed by atoms with Crippen molar-refractivity contribution < 1.29 is 9.53 Å². The molecule has 0 heterocycles. The Hall–Kier alpha value is -1.33. The molecular weight excluding hydrogens is 386 g/mol. The first kappa shape index (κ1) is 15.1. The molecule has 0 fully saturated rings. The van der Waals surface area contributed by atoms with Crippen LogP contribution in [0.5, 0.6) is 5.75 Å². The van der Waals surface area contributed by atoms with Crippen LogP contribution in [0.1, 0.15) is 15.9 Å². The molecule has 1 amide bonds. The maximum Gasteiger partial charge on any atom is 0.256 e. The largest absolute Gasteiger partial charge is 0.497 e. The number of carbonyl (C=O) groups is 1. The standard InChI is InChI=1S/C15H13Br2NO2/c1-9-7-11(20-2)4-6-14(9)18-15(19)12-8-10(16)3-5-13(12)17/h3-8H,1-2H3,(H,18,19). The second-order valence-corrected chi connectivity index (χ2v) is 6.03. The predicted octanol–water partition coefficient (Wildman–Crippen LogP) is 4.78. The molecule has 2 aromatic carbocycles. The molecule has 2 aromatic rings. The number of hydrogen-bond acceptors (Lipinski definition) is 2. The summed E-state index contributed by atoms with van der Waals surface area (Å²) in [5, 5.41) is 2.90. The van der Waals surface area contributed by atoms with Crippen LogP contribution in [-0.4, -0.2) is 13.0 Å². The molecule has 1 N–H and O–H groups in total. The van der Waals surface area contributed by atoms with Gasteiger partial charge in [-0.25, -0.2) is 0 Å². The summed E-state index contributed by atoms with van der Waals surface area (Å²) < 4.78 is 6.76. The topological polar surface area (TPSA) is 38.3 Å². The number of anilines is 1. The van der Waals surface area contributed by atoms with E-state index in [0.717, 1.165) is 25.9 Å². The Morgan fingerprint density at radius 2 is 1.90 bits per heavy atom. The number of benzene rings is 2. The fourth-order valence-electron chi connectivity index (χ4n) is 1.76. The van der Waals surface area contributed by atoms with Crippen LogP contribution in [0, 0.1) is 6.92 Å². The molecule has 5 heteroatoms. The highest BCUT2D eigenvalue weighted by Crippen LogP contribution is 2.25. The van der Waals surface area contributed by atoms with Crippen LogP contribution in [0.15, 0.2) is 45.3 Å². The van der Waals surface area contributed by atoms with Gasteiger partial charge in [0.1, 0.15) is 5.75 Å². The number of nitrogens with one attached hydrogen (secondary N) is 1. The highest BCUT2D eigenvalue weighted by Gasteiger charge is 2.12. The van der Waals surface area contributed by atoms with Crippen LogP contribution in [-0.2, 0) is 0 Å². The van der Waals surface area contributed by atoms with Gasteiger partial charge in [-0.15, -0.1) is 0 Å². The molecule has 0 atom stereocenters. The summed E-state index contributed by atoms with van der Waals surface area (Å²) in [6.45, 7) is 1.92. The number of rotatable bonds is 3. The lowest BCUT2D eigenvalue weighted by molar-refractivity contribution is 0.102. The van der Waals surface area contributed by atoms with Gasteiger partial charge in [-0.1, -0.05) is 15.9 Å². The van der Waals surface area contributed by atoms with Crippen LogP contribution >= 0.6 is 31.9 Å². The summed E-state index contributed by atoms with van der Waals surface area (Å²) in [5.74, 6) is 0.607. The van der Waals surface area contributed by atoms with Crippen molar-refractivity contribution in [1.82, 2.24) is 0 Å². The second-order valence-electron chi connectivity index (χ2n) is 4.26. The van der Waals surface area contributed by atoms with E-state index in [1.54, 1.807) is 13.2 Å². The van der Waals surface area contributed by atoms with E-state index >= 15 is 0 Å².